The van der Waals surface area contributed by atoms with Gasteiger partial charge in [0.25, 0.3) is 5.56 Å². The number of benzene rings is 2. The van der Waals surface area contributed by atoms with Gasteiger partial charge in [0.15, 0.2) is 5.16 Å². The molecule has 112 valence electrons. The molecule has 4 nitrogen and oxygen atoms in total. The summed E-state index contributed by atoms with van der Waals surface area (Å²) in [6.07, 6.45) is 0. The average Bonchev–Trinajstić information content (AvgIpc) is 2.52. The first-order valence-corrected chi connectivity index (χ1v) is 8.48. The molecule has 6 heteroatoms. The lowest BCUT2D eigenvalue weighted by Gasteiger charge is -2.08. The van der Waals surface area contributed by atoms with Crippen molar-refractivity contribution >= 4 is 38.6 Å². The molecule has 0 saturated heterocycles. The lowest BCUT2D eigenvalue weighted by molar-refractivity contribution is 0.779. The summed E-state index contributed by atoms with van der Waals surface area (Å²) in [7, 11) is 0. The lowest BCUT2D eigenvalue weighted by Crippen LogP contribution is -2.29. The molecule has 0 aliphatic rings. The number of aromatic nitrogens is 2. The highest BCUT2D eigenvalue weighted by atomic mass is 79.9. The Kier molecular flexibility index (Phi) is 4.22. The van der Waals surface area contributed by atoms with Crippen LogP contribution < -0.4 is 11.4 Å². The third-order valence-electron chi connectivity index (χ3n) is 3.32. The van der Waals surface area contributed by atoms with Gasteiger partial charge in [0.05, 0.1) is 10.9 Å². The molecule has 0 fully saturated rings. The first-order chi connectivity index (χ1) is 10.5. The highest BCUT2D eigenvalue weighted by molar-refractivity contribution is 9.10. The van der Waals surface area contributed by atoms with Gasteiger partial charge in [0.2, 0.25) is 0 Å². The van der Waals surface area contributed by atoms with Gasteiger partial charge in [-0.2, -0.15) is 0 Å². The molecule has 3 aromatic rings. The van der Waals surface area contributed by atoms with Crippen molar-refractivity contribution in [3.63, 3.8) is 0 Å². The topological polar surface area (TPSA) is 60.9 Å². The highest BCUT2D eigenvalue weighted by Gasteiger charge is 2.10. The Hall–Kier alpha value is -1.79. The number of hydrogen-bond acceptors (Lipinski definition) is 4. The predicted molar refractivity (Wildman–Crippen MR) is 94.6 cm³/mol. The molecule has 0 radical (unpaired) electrons. The number of aryl methyl sites for hydroxylation is 1. The van der Waals surface area contributed by atoms with Crippen LogP contribution in [-0.4, -0.2) is 9.66 Å². The Morgan fingerprint density at radius 1 is 1.23 bits per heavy atom. The van der Waals surface area contributed by atoms with Crippen LogP contribution in [0, 0.1) is 6.92 Å². The van der Waals surface area contributed by atoms with Crippen molar-refractivity contribution in [3.8, 4) is 0 Å². The van der Waals surface area contributed by atoms with Crippen LogP contribution >= 0.6 is 27.7 Å². The molecule has 0 aliphatic carbocycles. The van der Waals surface area contributed by atoms with Crippen molar-refractivity contribution in [2.24, 2.45) is 0 Å². The van der Waals surface area contributed by atoms with Gasteiger partial charge in [-0.1, -0.05) is 57.5 Å². The van der Waals surface area contributed by atoms with Crippen LogP contribution in [0.4, 0.5) is 0 Å². The Bertz CT molecular complexity index is 890. The van der Waals surface area contributed by atoms with Crippen LogP contribution in [-0.2, 0) is 5.75 Å². The van der Waals surface area contributed by atoms with Crippen LogP contribution in [0.3, 0.4) is 0 Å². The third-order valence-corrected chi connectivity index (χ3v) is 4.84. The van der Waals surface area contributed by atoms with Crippen LogP contribution in [0.25, 0.3) is 10.9 Å². The van der Waals surface area contributed by atoms with Crippen molar-refractivity contribution in [1.29, 1.82) is 0 Å². The van der Waals surface area contributed by atoms with E-state index in [2.05, 4.69) is 52.1 Å². The summed E-state index contributed by atoms with van der Waals surface area (Å²) in [6.45, 7) is 2.05. The Labute approximate surface area is 140 Å². The molecule has 2 N–H and O–H groups in total. The maximum Gasteiger partial charge on any atom is 0.280 e. The van der Waals surface area contributed by atoms with Crippen LogP contribution in [0.2, 0.25) is 0 Å². The van der Waals surface area contributed by atoms with Gasteiger partial charge < -0.3 is 5.84 Å². The van der Waals surface area contributed by atoms with Gasteiger partial charge in [-0.3, -0.25) is 4.79 Å². The summed E-state index contributed by atoms with van der Waals surface area (Å²) < 4.78 is 1.95. The van der Waals surface area contributed by atoms with Crippen LogP contribution in [0.1, 0.15) is 11.1 Å². The fourth-order valence-electron chi connectivity index (χ4n) is 2.08. The third kappa shape index (κ3) is 3.03. The number of nitrogen functional groups attached to an aromatic ring is 1. The fourth-order valence-corrected chi connectivity index (χ4v) is 3.32. The van der Waals surface area contributed by atoms with E-state index in [1.807, 2.05) is 12.1 Å². The van der Waals surface area contributed by atoms with Crippen molar-refractivity contribution < 1.29 is 0 Å². The summed E-state index contributed by atoms with van der Waals surface area (Å²) >= 11 is 4.81. The van der Waals surface area contributed by atoms with Gasteiger partial charge in [-0.05, 0) is 30.7 Å². The molecule has 1 heterocycles. The number of nitrogens with two attached hydrogens (primary N) is 1. The average molecular weight is 376 g/mol. The van der Waals surface area contributed by atoms with Gasteiger partial charge in [0, 0.05) is 10.2 Å². The molecule has 22 heavy (non-hydrogen) atoms. The maximum absolute atomic E-state index is 12.3. The zero-order valence-corrected chi connectivity index (χ0v) is 14.3. The summed E-state index contributed by atoms with van der Waals surface area (Å²) in [5, 5.41) is 1.02. The number of nitrogens with zero attached hydrogens (tertiary/aromatic N) is 2. The van der Waals surface area contributed by atoms with E-state index >= 15 is 0 Å². The molecule has 0 unspecified atom stereocenters. The number of thioether (sulfide) groups is 1. The number of hydrogen-bond donors (Lipinski definition) is 1. The van der Waals surface area contributed by atoms with E-state index in [0.717, 1.165) is 9.15 Å². The molecule has 0 atom stereocenters. The largest absolute Gasteiger partial charge is 0.334 e. The Balaban J connectivity index is 1.94. The minimum absolute atomic E-state index is 0.238. The molecule has 3 rings (SSSR count). The minimum atomic E-state index is -0.238. The fraction of sp³-hybridized carbons (Fsp3) is 0.125. The molecule has 0 spiro atoms. The summed E-state index contributed by atoms with van der Waals surface area (Å²) in [5.41, 5.74) is 2.80. The van der Waals surface area contributed by atoms with E-state index in [-0.39, 0.29) is 5.56 Å². The van der Waals surface area contributed by atoms with Crippen molar-refractivity contribution in [2.45, 2.75) is 17.8 Å². The molecule has 1 aromatic heterocycles. The van der Waals surface area contributed by atoms with Gasteiger partial charge >= 0.3 is 0 Å². The van der Waals surface area contributed by atoms with Gasteiger partial charge in [-0.25, -0.2) is 9.66 Å². The van der Waals surface area contributed by atoms with Gasteiger partial charge in [-0.15, -0.1) is 0 Å². The van der Waals surface area contributed by atoms with E-state index in [1.54, 1.807) is 6.07 Å². The Morgan fingerprint density at radius 3 is 2.68 bits per heavy atom. The standard InChI is InChI=1S/C16H14BrN3OS/c1-10-2-4-11(5-3-10)9-22-16-19-14-7-6-12(17)8-13(14)15(21)20(16)18/h2-8H,9,18H2,1H3. The van der Waals surface area contributed by atoms with Crippen molar-refractivity contribution in [2.75, 3.05) is 5.84 Å². The molecule has 2 aromatic carbocycles. The molecule has 0 aliphatic heterocycles. The number of rotatable bonds is 3. The molecule has 0 saturated carbocycles. The molecule has 0 bridgehead atoms. The smallest absolute Gasteiger partial charge is 0.280 e. The lowest BCUT2D eigenvalue weighted by atomic mass is 10.2. The highest BCUT2D eigenvalue weighted by Crippen LogP contribution is 2.22. The number of fused-ring (bicyclic) bond motifs is 1. The second-order valence-electron chi connectivity index (χ2n) is 5.01. The van der Waals surface area contributed by atoms with E-state index in [0.29, 0.717) is 21.8 Å². The first-order valence-electron chi connectivity index (χ1n) is 6.70. The summed E-state index contributed by atoms with van der Waals surface area (Å²) in [4.78, 5) is 16.8. The summed E-state index contributed by atoms with van der Waals surface area (Å²) in [5.74, 6) is 6.61. The van der Waals surface area contributed by atoms with Gasteiger partial charge in [0.1, 0.15) is 0 Å². The molecular weight excluding hydrogens is 362 g/mol. The normalized spacial score (nSPS) is 11.0. The zero-order valence-electron chi connectivity index (χ0n) is 11.9. The Morgan fingerprint density at radius 2 is 1.95 bits per heavy atom. The van der Waals surface area contributed by atoms with Crippen molar-refractivity contribution in [3.05, 3.63) is 68.4 Å². The minimum Gasteiger partial charge on any atom is -0.334 e. The van der Waals surface area contributed by atoms with Crippen LogP contribution in [0.15, 0.2) is 56.9 Å². The second-order valence-corrected chi connectivity index (χ2v) is 6.86. The van der Waals surface area contributed by atoms with E-state index in [4.69, 9.17) is 5.84 Å². The first kappa shape index (κ1) is 15.1. The van der Waals surface area contributed by atoms with Crippen LogP contribution in [0.5, 0.6) is 0 Å². The molecular formula is C16H14BrN3OS. The van der Waals surface area contributed by atoms with E-state index < -0.39 is 0 Å². The maximum atomic E-state index is 12.3. The SMILES string of the molecule is Cc1ccc(CSc2nc3ccc(Br)cc3c(=O)n2N)cc1. The predicted octanol–water partition coefficient (Wildman–Crippen LogP) is 3.47. The van der Waals surface area contributed by atoms with E-state index in [9.17, 15) is 4.79 Å². The summed E-state index contributed by atoms with van der Waals surface area (Å²) in [6, 6.07) is 13.7. The number of halogens is 1. The molecule has 0 amide bonds. The van der Waals surface area contributed by atoms with E-state index in [1.165, 1.54) is 22.9 Å². The monoisotopic (exact) mass is 375 g/mol. The quantitative estimate of drug-likeness (QED) is 0.432. The zero-order chi connectivity index (χ0) is 15.7. The van der Waals surface area contributed by atoms with Crippen molar-refractivity contribution in [1.82, 2.24) is 9.66 Å². The second kappa shape index (κ2) is 6.14.